The van der Waals surface area contributed by atoms with Gasteiger partial charge in [0.2, 0.25) is 5.88 Å². The average molecular weight is 539 g/mol. The van der Waals surface area contributed by atoms with Gasteiger partial charge in [-0.05, 0) is 31.4 Å². The molecule has 2 aromatic rings. The fourth-order valence-corrected chi connectivity index (χ4v) is 3.25. The maximum Gasteiger partial charge on any atom is 0.409 e. The molecule has 1 aliphatic rings. The van der Waals surface area contributed by atoms with Gasteiger partial charge in [0, 0.05) is 30.9 Å². The number of ether oxygens (including phenoxy) is 2. The third-order valence-corrected chi connectivity index (χ3v) is 4.86. The highest BCUT2D eigenvalue weighted by atomic mass is 127. The van der Waals surface area contributed by atoms with E-state index in [2.05, 4.69) is 15.3 Å². The lowest BCUT2D eigenvalue weighted by Crippen LogP contribution is -2.48. The molecule has 0 spiro atoms. The number of nitrogens with two attached hydrogens (primary N) is 1. The Bertz CT molecular complexity index is 842. The first-order valence-corrected chi connectivity index (χ1v) is 10.2. The van der Waals surface area contributed by atoms with Crippen molar-refractivity contribution in [3.63, 3.8) is 0 Å². The van der Waals surface area contributed by atoms with Crippen molar-refractivity contribution in [2.45, 2.75) is 39.0 Å². The number of nitrogens with one attached hydrogen (secondary N) is 1. The van der Waals surface area contributed by atoms with Gasteiger partial charge in [-0.2, -0.15) is 0 Å². The number of pyridine rings is 1. The molecule has 9 heteroatoms. The second-order valence-electron chi connectivity index (χ2n) is 7.05. The van der Waals surface area contributed by atoms with E-state index < -0.39 is 0 Å². The number of aromatic nitrogens is 1. The number of rotatable bonds is 7. The van der Waals surface area contributed by atoms with Crippen molar-refractivity contribution in [2.24, 2.45) is 10.7 Å². The number of nitrogens with zero attached hydrogens (tertiary/aromatic N) is 3. The van der Waals surface area contributed by atoms with Gasteiger partial charge in [-0.25, -0.2) is 14.8 Å². The summed E-state index contributed by atoms with van der Waals surface area (Å²) >= 11 is 0. The number of carbonyl (C=O) groups excluding carboxylic acids is 1. The SMILES string of the molecule is CCOC(=O)N1CCC(NC(N)=NCc2cccnc2OCc2ccccc2)CC1.I. The van der Waals surface area contributed by atoms with E-state index in [1.54, 1.807) is 11.1 Å². The second-order valence-corrected chi connectivity index (χ2v) is 7.05. The van der Waals surface area contributed by atoms with Crippen LogP contribution in [0.4, 0.5) is 4.79 Å². The minimum atomic E-state index is -0.253. The monoisotopic (exact) mass is 539 g/mol. The van der Waals surface area contributed by atoms with Crippen molar-refractivity contribution in [3.8, 4) is 5.88 Å². The Hall–Kier alpha value is -2.56. The molecular formula is C22H30IN5O3. The number of carbonyl (C=O) groups is 1. The molecule has 0 atom stereocenters. The highest BCUT2D eigenvalue weighted by Gasteiger charge is 2.23. The molecule has 0 saturated carbocycles. The van der Waals surface area contributed by atoms with Crippen LogP contribution in [0.2, 0.25) is 0 Å². The minimum Gasteiger partial charge on any atom is -0.473 e. The van der Waals surface area contributed by atoms with E-state index >= 15 is 0 Å². The quantitative estimate of drug-likeness (QED) is 0.318. The van der Waals surface area contributed by atoms with E-state index in [0.717, 1.165) is 24.0 Å². The molecule has 0 bridgehead atoms. The largest absolute Gasteiger partial charge is 0.473 e. The van der Waals surface area contributed by atoms with Gasteiger partial charge in [0.15, 0.2) is 5.96 Å². The standard InChI is InChI=1S/C22H29N5O3.HI/c1-2-29-22(28)27-13-10-19(11-14-27)26-21(23)25-15-18-9-6-12-24-20(18)30-16-17-7-4-3-5-8-17;/h3-9,12,19H,2,10-11,13-16H2,1H3,(H3,23,25,26);1H. The molecule has 0 aliphatic carbocycles. The Labute approximate surface area is 200 Å². The zero-order chi connectivity index (χ0) is 21.2. The van der Waals surface area contributed by atoms with Gasteiger partial charge in [0.25, 0.3) is 0 Å². The predicted octanol–water partition coefficient (Wildman–Crippen LogP) is 3.30. The van der Waals surface area contributed by atoms with Crippen molar-refractivity contribution < 1.29 is 14.3 Å². The third kappa shape index (κ3) is 7.89. The molecule has 31 heavy (non-hydrogen) atoms. The number of hydrogen-bond donors (Lipinski definition) is 2. The Balaban J connectivity index is 0.00000341. The molecule has 1 aliphatic heterocycles. The number of aliphatic imine (C=N–C) groups is 1. The van der Waals surface area contributed by atoms with Crippen molar-refractivity contribution >= 4 is 36.0 Å². The minimum absolute atomic E-state index is 0. The van der Waals surface area contributed by atoms with Crippen LogP contribution < -0.4 is 15.8 Å². The number of likely N-dealkylation sites (tertiary alicyclic amines) is 1. The molecule has 1 aromatic carbocycles. The van der Waals surface area contributed by atoms with E-state index in [0.29, 0.717) is 44.7 Å². The number of benzene rings is 1. The van der Waals surface area contributed by atoms with E-state index in [1.165, 1.54) is 0 Å². The highest BCUT2D eigenvalue weighted by Crippen LogP contribution is 2.17. The van der Waals surface area contributed by atoms with E-state index in [9.17, 15) is 4.79 Å². The zero-order valence-electron chi connectivity index (χ0n) is 17.7. The molecule has 3 N–H and O–H groups in total. The molecule has 3 rings (SSSR count). The first kappa shape index (κ1) is 24.7. The Morgan fingerprint density at radius 3 is 2.68 bits per heavy atom. The van der Waals surface area contributed by atoms with Crippen LogP contribution in [0.3, 0.4) is 0 Å². The smallest absolute Gasteiger partial charge is 0.409 e. The van der Waals surface area contributed by atoms with Crippen LogP contribution >= 0.6 is 24.0 Å². The summed E-state index contributed by atoms with van der Waals surface area (Å²) in [5.41, 5.74) is 8.03. The highest BCUT2D eigenvalue weighted by molar-refractivity contribution is 14.0. The van der Waals surface area contributed by atoms with Gasteiger partial charge in [-0.1, -0.05) is 36.4 Å². The Morgan fingerprint density at radius 1 is 1.23 bits per heavy atom. The summed E-state index contributed by atoms with van der Waals surface area (Å²) in [6.45, 7) is 4.30. The van der Waals surface area contributed by atoms with Gasteiger partial charge in [0.1, 0.15) is 6.61 Å². The molecule has 1 aromatic heterocycles. The van der Waals surface area contributed by atoms with Gasteiger partial charge < -0.3 is 25.4 Å². The molecule has 1 saturated heterocycles. The molecule has 1 amide bonds. The number of halogens is 1. The Morgan fingerprint density at radius 2 is 1.97 bits per heavy atom. The molecule has 2 heterocycles. The summed E-state index contributed by atoms with van der Waals surface area (Å²) in [5.74, 6) is 0.933. The van der Waals surface area contributed by atoms with Crippen molar-refractivity contribution in [1.29, 1.82) is 0 Å². The first-order chi connectivity index (χ1) is 14.7. The molecule has 8 nitrogen and oxygen atoms in total. The zero-order valence-corrected chi connectivity index (χ0v) is 20.0. The molecule has 1 fully saturated rings. The van der Waals surface area contributed by atoms with Crippen LogP contribution in [-0.2, 0) is 17.9 Å². The lowest BCUT2D eigenvalue weighted by atomic mass is 10.1. The molecule has 0 unspecified atom stereocenters. The van der Waals surface area contributed by atoms with Gasteiger partial charge in [0.05, 0.1) is 13.2 Å². The van der Waals surface area contributed by atoms with Crippen LogP contribution in [0.15, 0.2) is 53.7 Å². The normalized spacial score (nSPS) is 14.5. The van der Waals surface area contributed by atoms with Crippen molar-refractivity contribution in [1.82, 2.24) is 15.2 Å². The Kier molecular flexibility index (Phi) is 10.3. The van der Waals surface area contributed by atoms with Crippen LogP contribution in [0.5, 0.6) is 5.88 Å². The lowest BCUT2D eigenvalue weighted by molar-refractivity contribution is 0.0963. The van der Waals surface area contributed by atoms with E-state index in [4.69, 9.17) is 15.2 Å². The number of piperidine rings is 1. The summed E-state index contributed by atoms with van der Waals surface area (Å²) in [6.07, 6.45) is 3.05. The molecule has 0 radical (unpaired) electrons. The van der Waals surface area contributed by atoms with Crippen LogP contribution in [0, 0.1) is 0 Å². The van der Waals surface area contributed by atoms with Crippen LogP contribution in [0.1, 0.15) is 30.9 Å². The number of amides is 1. The van der Waals surface area contributed by atoms with Crippen LogP contribution in [-0.4, -0.2) is 47.7 Å². The summed E-state index contributed by atoms with van der Waals surface area (Å²) in [6, 6.07) is 13.9. The molecule has 168 valence electrons. The van der Waals surface area contributed by atoms with Gasteiger partial charge in [-0.15, -0.1) is 24.0 Å². The fourth-order valence-electron chi connectivity index (χ4n) is 3.25. The topological polar surface area (TPSA) is 102 Å². The first-order valence-electron chi connectivity index (χ1n) is 10.2. The lowest BCUT2D eigenvalue weighted by Gasteiger charge is -2.31. The summed E-state index contributed by atoms with van der Waals surface area (Å²) in [4.78, 5) is 22.3. The van der Waals surface area contributed by atoms with E-state index in [1.807, 2.05) is 49.4 Å². The summed E-state index contributed by atoms with van der Waals surface area (Å²) in [5, 5.41) is 3.25. The van der Waals surface area contributed by atoms with Gasteiger partial charge in [-0.3, -0.25) is 0 Å². The second kappa shape index (κ2) is 13.0. The van der Waals surface area contributed by atoms with Crippen LogP contribution in [0.25, 0.3) is 0 Å². The van der Waals surface area contributed by atoms with Crippen molar-refractivity contribution in [2.75, 3.05) is 19.7 Å². The maximum absolute atomic E-state index is 11.8. The van der Waals surface area contributed by atoms with Crippen molar-refractivity contribution in [3.05, 3.63) is 59.8 Å². The summed E-state index contributed by atoms with van der Waals surface area (Å²) < 4.78 is 10.9. The predicted molar refractivity (Wildman–Crippen MR) is 131 cm³/mol. The average Bonchev–Trinajstić information content (AvgIpc) is 2.78. The summed E-state index contributed by atoms with van der Waals surface area (Å²) in [7, 11) is 0. The number of guanidine groups is 1. The maximum atomic E-state index is 11.8. The van der Waals surface area contributed by atoms with E-state index in [-0.39, 0.29) is 36.1 Å². The number of hydrogen-bond acceptors (Lipinski definition) is 5. The fraction of sp³-hybridized carbons (Fsp3) is 0.409. The molecular weight excluding hydrogens is 509 g/mol. The van der Waals surface area contributed by atoms with Gasteiger partial charge >= 0.3 is 6.09 Å². The third-order valence-electron chi connectivity index (χ3n) is 4.86.